The van der Waals surface area contributed by atoms with Crippen LogP contribution in [0.4, 0.5) is 0 Å². The molecule has 0 amide bonds. The number of unbranched alkanes of at least 4 members (excludes halogenated alkanes) is 26. The zero-order valence-corrected chi connectivity index (χ0v) is 31.9. The summed E-state index contributed by atoms with van der Waals surface area (Å²) >= 11 is 0. The Balaban J connectivity index is 0. The van der Waals surface area contributed by atoms with Crippen molar-refractivity contribution in [2.45, 2.75) is 200 Å². The SMILES string of the molecule is CCCCCCCCCCCC/C=C/C(CCCCCCCCCCCCCCCCCCC)COS(=O)(=O)[O-].[K+]. The first-order valence-electron chi connectivity index (χ1n) is 17.8. The standard InChI is InChI=1S/C35H70O4S.K/c1-3-5-7-9-11-13-15-17-18-19-20-21-23-25-27-29-31-33-35(34-39-40(36,37)38)32-30-28-26-24-22-16-14-12-10-8-6-4-2;/h30,32,35H,3-29,31,33-34H2,1-2H3,(H,36,37,38);/q;+1/p-1/b32-30+;. The van der Waals surface area contributed by atoms with Crippen molar-refractivity contribution in [2.24, 2.45) is 5.92 Å². The average molecular weight is 625 g/mol. The number of hydrogen-bond acceptors (Lipinski definition) is 4. The second-order valence-electron chi connectivity index (χ2n) is 12.3. The third kappa shape index (κ3) is 39.2. The molecule has 0 aromatic rings. The molecule has 0 aliphatic carbocycles. The van der Waals surface area contributed by atoms with Crippen molar-refractivity contribution < 1.29 is 68.5 Å². The second kappa shape index (κ2) is 35.7. The van der Waals surface area contributed by atoms with Crippen LogP contribution in [0.5, 0.6) is 0 Å². The van der Waals surface area contributed by atoms with Crippen molar-refractivity contribution in [2.75, 3.05) is 6.61 Å². The summed E-state index contributed by atoms with van der Waals surface area (Å²) in [6.07, 6.45) is 42.4. The summed E-state index contributed by atoms with van der Waals surface area (Å²) in [5.74, 6) is 0.0168. The van der Waals surface area contributed by atoms with Crippen molar-refractivity contribution in [3.63, 3.8) is 0 Å². The van der Waals surface area contributed by atoms with Gasteiger partial charge in [-0.2, -0.15) is 0 Å². The van der Waals surface area contributed by atoms with Gasteiger partial charge in [0.1, 0.15) is 0 Å². The van der Waals surface area contributed by atoms with Crippen LogP contribution in [0.25, 0.3) is 0 Å². The van der Waals surface area contributed by atoms with E-state index in [4.69, 9.17) is 0 Å². The molecule has 0 radical (unpaired) electrons. The van der Waals surface area contributed by atoms with E-state index in [0.29, 0.717) is 0 Å². The van der Waals surface area contributed by atoms with Gasteiger partial charge >= 0.3 is 51.4 Å². The fourth-order valence-corrected chi connectivity index (χ4v) is 5.92. The van der Waals surface area contributed by atoms with Gasteiger partial charge in [0.05, 0.1) is 6.61 Å². The van der Waals surface area contributed by atoms with Crippen LogP contribution in [0.2, 0.25) is 0 Å². The van der Waals surface area contributed by atoms with Crippen molar-refractivity contribution in [3.05, 3.63) is 12.2 Å². The Morgan fingerprint density at radius 3 is 1.20 bits per heavy atom. The van der Waals surface area contributed by atoms with Crippen LogP contribution in [0.15, 0.2) is 12.2 Å². The molecule has 0 fully saturated rings. The van der Waals surface area contributed by atoms with E-state index in [-0.39, 0.29) is 63.9 Å². The van der Waals surface area contributed by atoms with E-state index in [9.17, 15) is 13.0 Å². The van der Waals surface area contributed by atoms with E-state index in [1.165, 1.54) is 167 Å². The van der Waals surface area contributed by atoms with Gasteiger partial charge in [-0.3, -0.25) is 4.18 Å². The van der Waals surface area contributed by atoms with E-state index < -0.39 is 10.4 Å². The Bertz CT molecular complexity index is 624. The summed E-state index contributed by atoms with van der Waals surface area (Å²) < 4.78 is 37.4. The third-order valence-corrected chi connectivity index (χ3v) is 8.66. The maximum atomic E-state index is 10.9. The molecule has 6 heteroatoms. The Morgan fingerprint density at radius 2 is 0.854 bits per heavy atom. The van der Waals surface area contributed by atoms with Gasteiger partial charge in [-0.25, -0.2) is 8.42 Å². The van der Waals surface area contributed by atoms with Gasteiger partial charge in [-0.15, -0.1) is 0 Å². The van der Waals surface area contributed by atoms with Crippen LogP contribution in [-0.2, 0) is 14.6 Å². The van der Waals surface area contributed by atoms with Gasteiger partial charge in [-0.1, -0.05) is 193 Å². The normalized spacial score (nSPS) is 12.7. The fraction of sp³-hybridized carbons (Fsp3) is 0.943. The Morgan fingerprint density at radius 1 is 0.537 bits per heavy atom. The van der Waals surface area contributed by atoms with E-state index in [0.717, 1.165) is 19.3 Å². The summed E-state index contributed by atoms with van der Waals surface area (Å²) in [5, 5.41) is 0. The molecule has 41 heavy (non-hydrogen) atoms. The Kier molecular flexibility index (Phi) is 38.7. The molecule has 1 atom stereocenters. The van der Waals surface area contributed by atoms with Crippen molar-refractivity contribution >= 4 is 10.4 Å². The fourth-order valence-electron chi connectivity index (χ4n) is 5.58. The van der Waals surface area contributed by atoms with Gasteiger partial charge in [0.25, 0.3) is 0 Å². The summed E-state index contributed by atoms with van der Waals surface area (Å²) in [5.41, 5.74) is 0. The molecule has 0 rings (SSSR count). The van der Waals surface area contributed by atoms with E-state index in [1.807, 2.05) is 0 Å². The van der Waals surface area contributed by atoms with Crippen molar-refractivity contribution in [3.8, 4) is 0 Å². The zero-order valence-electron chi connectivity index (χ0n) is 28.0. The molecule has 4 nitrogen and oxygen atoms in total. The van der Waals surface area contributed by atoms with Gasteiger partial charge in [0, 0.05) is 5.92 Å². The third-order valence-electron chi connectivity index (χ3n) is 8.24. The van der Waals surface area contributed by atoms with E-state index in [1.54, 1.807) is 0 Å². The molecule has 0 saturated carbocycles. The predicted octanol–water partition coefficient (Wildman–Crippen LogP) is 8.99. The monoisotopic (exact) mass is 624 g/mol. The minimum absolute atomic E-state index is 0. The minimum atomic E-state index is -4.62. The molecule has 0 saturated heterocycles. The molecule has 0 aromatic heterocycles. The topological polar surface area (TPSA) is 66.4 Å². The van der Waals surface area contributed by atoms with Crippen molar-refractivity contribution in [1.82, 2.24) is 0 Å². The molecular weight excluding hydrogens is 556 g/mol. The van der Waals surface area contributed by atoms with Crippen LogP contribution in [-0.4, -0.2) is 19.6 Å². The summed E-state index contributed by atoms with van der Waals surface area (Å²) in [6.45, 7) is 4.53. The minimum Gasteiger partial charge on any atom is -0.726 e. The van der Waals surface area contributed by atoms with Crippen LogP contribution >= 0.6 is 0 Å². The van der Waals surface area contributed by atoms with E-state index >= 15 is 0 Å². The van der Waals surface area contributed by atoms with Crippen LogP contribution in [0.1, 0.15) is 200 Å². The second-order valence-corrected chi connectivity index (χ2v) is 13.3. The quantitative estimate of drug-likeness (QED) is 0.0240. The molecular formula is C35H69KO4S. The smallest absolute Gasteiger partial charge is 0.726 e. The maximum absolute atomic E-state index is 10.9. The first-order chi connectivity index (χ1) is 19.5. The largest absolute Gasteiger partial charge is 1.00 e. The molecule has 240 valence electrons. The summed E-state index contributed by atoms with van der Waals surface area (Å²) in [7, 11) is -4.62. The zero-order chi connectivity index (χ0) is 29.4. The molecule has 0 spiro atoms. The average Bonchev–Trinajstić information content (AvgIpc) is 2.93. The molecule has 0 heterocycles. The van der Waals surface area contributed by atoms with Crippen LogP contribution < -0.4 is 51.4 Å². The van der Waals surface area contributed by atoms with Crippen LogP contribution in [0.3, 0.4) is 0 Å². The molecule has 1 unspecified atom stereocenters. The molecule has 0 aromatic carbocycles. The number of rotatable bonds is 33. The van der Waals surface area contributed by atoms with Gasteiger partial charge in [0.15, 0.2) is 0 Å². The van der Waals surface area contributed by atoms with Crippen LogP contribution in [0, 0.1) is 5.92 Å². The molecule has 0 aliphatic rings. The van der Waals surface area contributed by atoms with E-state index in [2.05, 4.69) is 30.2 Å². The number of hydrogen-bond donors (Lipinski definition) is 0. The molecule has 0 N–H and O–H groups in total. The van der Waals surface area contributed by atoms with Gasteiger partial charge < -0.3 is 4.55 Å². The Labute approximate surface area is 300 Å². The molecule has 0 aliphatic heterocycles. The first-order valence-corrected chi connectivity index (χ1v) is 19.1. The van der Waals surface area contributed by atoms with Gasteiger partial charge in [-0.05, 0) is 19.3 Å². The van der Waals surface area contributed by atoms with Crippen molar-refractivity contribution in [1.29, 1.82) is 0 Å². The number of allylic oxidation sites excluding steroid dienone is 1. The summed E-state index contributed by atoms with van der Waals surface area (Å²) in [6, 6.07) is 0. The Hall–Kier alpha value is 1.25. The summed E-state index contributed by atoms with van der Waals surface area (Å²) in [4.78, 5) is 0. The van der Waals surface area contributed by atoms with Gasteiger partial charge in [0.2, 0.25) is 10.4 Å². The first kappa shape index (κ1) is 44.4. The maximum Gasteiger partial charge on any atom is 1.00 e. The predicted molar refractivity (Wildman–Crippen MR) is 174 cm³/mol. The molecule has 0 bridgehead atoms.